The largest absolute Gasteiger partial charge is 0.481 e. The van der Waals surface area contributed by atoms with E-state index < -0.39 is 5.97 Å². The number of rotatable bonds is 2. The van der Waals surface area contributed by atoms with Gasteiger partial charge in [-0.05, 0) is 31.4 Å². The lowest BCUT2D eigenvalue weighted by Gasteiger charge is -2.23. The van der Waals surface area contributed by atoms with E-state index in [1.54, 1.807) is 0 Å². The zero-order valence-electron chi connectivity index (χ0n) is 10.8. The van der Waals surface area contributed by atoms with Gasteiger partial charge in [-0.25, -0.2) is 4.98 Å². The Kier molecular flexibility index (Phi) is 2.85. The number of hydrogen-bond donors (Lipinski definition) is 2. The number of aliphatic carboxylic acids is 1. The molecule has 2 N–H and O–H groups in total. The number of carbonyl (C=O) groups is 1. The summed E-state index contributed by atoms with van der Waals surface area (Å²) in [4.78, 5) is 19.2. The summed E-state index contributed by atoms with van der Waals surface area (Å²) in [5.74, 6) is -0.396. The fourth-order valence-corrected chi connectivity index (χ4v) is 2.76. The van der Waals surface area contributed by atoms with Gasteiger partial charge in [0.1, 0.15) is 5.82 Å². The lowest BCUT2D eigenvalue weighted by Crippen LogP contribution is -2.24. The quantitative estimate of drug-likeness (QED) is 0.812. The Morgan fingerprint density at radius 1 is 1.37 bits per heavy atom. The van der Waals surface area contributed by atoms with Crippen LogP contribution in [0.2, 0.25) is 0 Å². The predicted molar refractivity (Wildman–Crippen MR) is 73.1 cm³/mol. The lowest BCUT2D eigenvalue weighted by atomic mass is 9.82. The molecule has 1 aliphatic carbocycles. The maximum Gasteiger partial charge on any atom is 0.307 e. The van der Waals surface area contributed by atoms with Gasteiger partial charge in [0.2, 0.25) is 0 Å². The van der Waals surface area contributed by atoms with Crippen molar-refractivity contribution in [3.8, 4) is 0 Å². The van der Waals surface area contributed by atoms with E-state index in [9.17, 15) is 9.90 Å². The molecule has 98 valence electrons. The van der Waals surface area contributed by atoms with Crippen molar-refractivity contribution in [1.82, 2.24) is 9.97 Å². The molecule has 2 atom stereocenters. The van der Waals surface area contributed by atoms with Crippen LogP contribution in [0, 0.1) is 12.8 Å². The van der Waals surface area contributed by atoms with E-state index in [-0.39, 0.29) is 11.8 Å². The van der Waals surface area contributed by atoms with Gasteiger partial charge in [-0.15, -0.1) is 0 Å². The number of carboxylic acid groups (broad SMARTS) is 1. The number of benzene rings is 1. The maximum absolute atomic E-state index is 11.3. The summed E-state index contributed by atoms with van der Waals surface area (Å²) in [6.45, 7) is 2.02. The van der Waals surface area contributed by atoms with Crippen LogP contribution in [0.4, 0.5) is 0 Å². The molecule has 0 fully saturated rings. The highest BCUT2D eigenvalue weighted by Crippen LogP contribution is 2.34. The molecule has 0 saturated carbocycles. The number of H-pyrrole nitrogens is 1. The predicted octanol–water partition coefficient (Wildman–Crippen LogP) is 3.01. The molecular formula is C15H16N2O2. The van der Waals surface area contributed by atoms with Crippen molar-refractivity contribution in [2.24, 2.45) is 5.92 Å². The Morgan fingerprint density at radius 3 is 2.89 bits per heavy atom. The molecule has 0 aliphatic heterocycles. The van der Waals surface area contributed by atoms with Crippen molar-refractivity contribution in [2.75, 3.05) is 0 Å². The Balaban J connectivity index is 2.05. The minimum Gasteiger partial charge on any atom is -0.481 e. The number of imidazole rings is 1. The number of allylic oxidation sites excluding steroid dienone is 2. The van der Waals surface area contributed by atoms with Crippen LogP contribution in [-0.4, -0.2) is 21.0 Å². The number of aryl methyl sites for hydroxylation is 1. The second-order valence-electron chi connectivity index (χ2n) is 5.09. The minimum atomic E-state index is -0.744. The van der Waals surface area contributed by atoms with Gasteiger partial charge in [0, 0.05) is 5.92 Å². The van der Waals surface area contributed by atoms with Gasteiger partial charge >= 0.3 is 5.97 Å². The molecule has 0 radical (unpaired) electrons. The van der Waals surface area contributed by atoms with Gasteiger partial charge in [-0.3, -0.25) is 4.79 Å². The third-order valence-electron chi connectivity index (χ3n) is 3.83. The van der Waals surface area contributed by atoms with Gasteiger partial charge in [-0.1, -0.05) is 24.3 Å². The van der Waals surface area contributed by atoms with Crippen molar-refractivity contribution in [2.45, 2.75) is 25.7 Å². The highest BCUT2D eigenvalue weighted by Gasteiger charge is 2.32. The van der Waals surface area contributed by atoms with E-state index in [0.717, 1.165) is 28.8 Å². The topological polar surface area (TPSA) is 66.0 Å². The van der Waals surface area contributed by atoms with Gasteiger partial charge in [0.15, 0.2) is 0 Å². The highest BCUT2D eigenvalue weighted by atomic mass is 16.4. The Morgan fingerprint density at radius 2 is 2.16 bits per heavy atom. The number of fused-ring (bicyclic) bond motifs is 1. The standard InChI is InChI=1S/C15H16N2O2/c1-9-5-4-8-12-13(9)17-14(16-12)10-6-2-3-7-11(10)15(18)19/h2-5,8,10-11H,6-7H2,1H3,(H,16,17)(H,18,19)/t10-,11+/m1/s1. The smallest absolute Gasteiger partial charge is 0.307 e. The average molecular weight is 256 g/mol. The first-order valence-corrected chi connectivity index (χ1v) is 6.50. The Bertz CT molecular complexity index is 657. The van der Waals surface area contributed by atoms with Crippen LogP contribution >= 0.6 is 0 Å². The maximum atomic E-state index is 11.3. The van der Waals surface area contributed by atoms with Gasteiger partial charge in [0.05, 0.1) is 17.0 Å². The number of nitrogens with one attached hydrogen (secondary N) is 1. The fourth-order valence-electron chi connectivity index (χ4n) is 2.76. The second-order valence-corrected chi connectivity index (χ2v) is 5.09. The van der Waals surface area contributed by atoms with Crippen LogP contribution in [0.3, 0.4) is 0 Å². The molecule has 1 aromatic carbocycles. The number of para-hydroxylation sites is 1. The highest BCUT2D eigenvalue weighted by molar-refractivity contribution is 5.79. The molecule has 4 heteroatoms. The average Bonchev–Trinajstić information content (AvgIpc) is 2.84. The van der Waals surface area contributed by atoms with Gasteiger partial charge in [-0.2, -0.15) is 0 Å². The third kappa shape index (κ3) is 2.03. The molecule has 2 aromatic rings. The van der Waals surface area contributed by atoms with Crippen molar-refractivity contribution in [3.63, 3.8) is 0 Å². The second kappa shape index (κ2) is 4.53. The molecule has 1 aromatic heterocycles. The van der Waals surface area contributed by atoms with Crippen LogP contribution < -0.4 is 0 Å². The molecule has 0 spiro atoms. The SMILES string of the molecule is Cc1cccc2[nH]c([C@@H]3CC=CC[C@@H]3C(=O)O)nc12. The number of nitrogens with zero attached hydrogens (tertiary/aromatic N) is 1. The van der Waals surface area contributed by atoms with Crippen LogP contribution in [0.15, 0.2) is 30.4 Å². The summed E-state index contributed by atoms with van der Waals surface area (Å²) in [5, 5.41) is 9.32. The third-order valence-corrected chi connectivity index (χ3v) is 3.83. The van der Waals surface area contributed by atoms with E-state index >= 15 is 0 Å². The molecule has 19 heavy (non-hydrogen) atoms. The first-order valence-electron chi connectivity index (χ1n) is 6.50. The summed E-state index contributed by atoms with van der Waals surface area (Å²) in [7, 11) is 0. The van der Waals surface area contributed by atoms with Crippen molar-refractivity contribution >= 4 is 17.0 Å². The summed E-state index contributed by atoms with van der Waals surface area (Å²) < 4.78 is 0. The number of hydrogen-bond acceptors (Lipinski definition) is 2. The normalized spacial score (nSPS) is 22.8. The molecule has 0 bridgehead atoms. The molecule has 3 rings (SSSR count). The molecule has 4 nitrogen and oxygen atoms in total. The zero-order chi connectivity index (χ0) is 13.4. The molecule has 0 saturated heterocycles. The van der Waals surface area contributed by atoms with Crippen LogP contribution in [0.25, 0.3) is 11.0 Å². The lowest BCUT2D eigenvalue weighted by molar-refractivity contribution is -0.142. The van der Waals surface area contributed by atoms with Crippen LogP contribution in [0.5, 0.6) is 0 Å². The van der Waals surface area contributed by atoms with Gasteiger partial charge in [0.25, 0.3) is 0 Å². The fraction of sp³-hybridized carbons (Fsp3) is 0.333. The van der Waals surface area contributed by atoms with Crippen LogP contribution in [0.1, 0.15) is 30.1 Å². The summed E-state index contributed by atoms with van der Waals surface area (Å²) in [6.07, 6.45) is 5.30. The van der Waals surface area contributed by atoms with Gasteiger partial charge < -0.3 is 10.1 Å². The first-order chi connectivity index (χ1) is 9.16. The number of aromatic nitrogens is 2. The molecular weight excluding hydrogens is 240 g/mol. The van der Waals surface area contributed by atoms with Crippen LogP contribution in [-0.2, 0) is 4.79 Å². The summed E-state index contributed by atoms with van der Waals surface area (Å²) in [5.41, 5.74) is 3.03. The number of carboxylic acids is 1. The Labute approximate surface area is 111 Å². The van der Waals surface area contributed by atoms with Crippen molar-refractivity contribution in [1.29, 1.82) is 0 Å². The molecule has 1 aliphatic rings. The zero-order valence-corrected chi connectivity index (χ0v) is 10.8. The summed E-state index contributed by atoms with van der Waals surface area (Å²) >= 11 is 0. The molecule has 0 amide bonds. The molecule has 0 unspecified atom stereocenters. The minimum absolute atomic E-state index is 0.0608. The molecule has 1 heterocycles. The van der Waals surface area contributed by atoms with E-state index in [2.05, 4.69) is 9.97 Å². The van der Waals surface area contributed by atoms with E-state index in [4.69, 9.17) is 0 Å². The van der Waals surface area contributed by atoms with E-state index in [1.807, 2.05) is 37.3 Å². The first kappa shape index (κ1) is 12.0. The monoisotopic (exact) mass is 256 g/mol. The van der Waals surface area contributed by atoms with E-state index in [1.165, 1.54) is 0 Å². The summed E-state index contributed by atoms with van der Waals surface area (Å²) in [6, 6.07) is 5.98. The Hall–Kier alpha value is -2.10. The van der Waals surface area contributed by atoms with Crippen molar-refractivity contribution in [3.05, 3.63) is 41.7 Å². The van der Waals surface area contributed by atoms with E-state index in [0.29, 0.717) is 6.42 Å². The number of aromatic amines is 1. The van der Waals surface area contributed by atoms with Crippen molar-refractivity contribution < 1.29 is 9.90 Å².